The zero-order valence-electron chi connectivity index (χ0n) is 13.2. The second kappa shape index (κ2) is 7.23. The minimum Gasteiger partial charge on any atom is -0.352 e. The Morgan fingerprint density at radius 2 is 1.70 bits per heavy atom. The zero-order chi connectivity index (χ0) is 16.1. The fraction of sp³-hybridized carbons (Fsp3) is 0.300. The molecule has 118 valence electrons. The summed E-state index contributed by atoms with van der Waals surface area (Å²) in [6.07, 6.45) is 3.86. The van der Waals surface area contributed by atoms with Gasteiger partial charge in [-0.05, 0) is 42.0 Å². The Hall–Kier alpha value is -2.42. The van der Waals surface area contributed by atoms with Gasteiger partial charge in [-0.15, -0.1) is 0 Å². The maximum absolute atomic E-state index is 12.2. The highest BCUT2D eigenvalue weighted by Gasteiger charge is 2.14. The number of aryl methyl sites for hydroxylation is 2. The molecule has 1 N–H and O–H groups in total. The summed E-state index contributed by atoms with van der Waals surface area (Å²) in [6, 6.07) is 15.7. The van der Waals surface area contributed by atoms with Crippen molar-refractivity contribution in [3.8, 4) is 0 Å². The largest absolute Gasteiger partial charge is 0.352 e. The van der Waals surface area contributed by atoms with Crippen molar-refractivity contribution in [2.24, 2.45) is 0 Å². The predicted molar refractivity (Wildman–Crippen MR) is 90.3 cm³/mol. The van der Waals surface area contributed by atoms with Crippen molar-refractivity contribution in [1.82, 2.24) is 5.32 Å². The summed E-state index contributed by atoms with van der Waals surface area (Å²) in [4.78, 5) is 24.1. The van der Waals surface area contributed by atoms with E-state index in [1.807, 2.05) is 42.5 Å². The zero-order valence-corrected chi connectivity index (χ0v) is 13.2. The van der Waals surface area contributed by atoms with Crippen LogP contribution in [0.5, 0.6) is 0 Å². The minimum atomic E-state index is -0.0802. The first-order chi connectivity index (χ1) is 11.2. The van der Waals surface area contributed by atoms with Crippen LogP contribution in [-0.4, -0.2) is 11.7 Å². The molecule has 3 heteroatoms. The van der Waals surface area contributed by atoms with E-state index in [9.17, 15) is 9.59 Å². The standard InChI is InChI=1S/C20H21NO2/c22-19(18-10-9-16-7-4-8-17(16)13-18)11-12-20(23)21-14-15-5-2-1-3-6-15/h1-3,5-6,9-10,13H,4,7-8,11-12,14H2,(H,21,23). The summed E-state index contributed by atoms with van der Waals surface area (Å²) in [5.74, 6) is -0.0297. The van der Waals surface area contributed by atoms with Crippen LogP contribution in [-0.2, 0) is 24.2 Å². The Bertz CT molecular complexity index is 707. The molecule has 0 fully saturated rings. The number of hydrogen-bond acceptors (Lipinski definition) is 2. The van der Waals surface area contributed by atoms with Crippen LogP contribution < -0.4 is 5.32 Å². The molecule has 0 saturated heterocycles. The lowest BCUT2D eigenvalue weighted by Crippen LogP contribution is -2.23. The highest BCUT2D eigenvalue weighted by atomic mass is 16.2. The fourth-order valence-electron chi connectivity index (χ4n) is 3.00. The molecule has 0 aliphatic heterocycles. The number of rotatable bonds is 6. The van der Waals surface area contributed by atoms with Crippen LogP contribution >= 0.6 is 0 Å². The van der Waals surface area contributed by atoms with Crippen LogP contribution in [0.15, 0.2) is 48.5 Å². The normalized spacial score (nSPS) is 12.7. The van der Waals surface area contributed by atoms with Gasteiger partial charge < -0.3 is 5.32 Å². The van der Waals surface area contributed by atoms with Crippen molar-refractivity contribution >= 4 is 11.7 Å². The van der Waals surface area contributed by atoms with Gasteiger partial charge in [-0.1, -0.05) is 42.5 Å². The van der Waals surface area contributed by atoms with Gasteiger partial charge >= 0.3 is 0 Å². The number of carbonyl (C=O) groups excluding carboxylic acids is 2. The molecule has 0 atom stereocenters. The second-order valence-corrected chi connectivity index (χ2v) is 6.02. The Labute approximate surface area is 136 Å². The lowest BCUT2D eigenvalue weighted by atomic mass is 10.0. The van der Waals surface area contributed by atoms with Crippen LogP contribution in [0.1, 0.15) is 46.3 Å². The third-order valence-electron chi connectivity index (χ3n) is 4.33. The van der Waals surface area contributed by atoms with Crippen LogP contribution in [0.2, 0.25) is 0 Å². The van der Waals surface area contributed by atoms with E-state index in [1.54, 1.807) is 0 Å². The summed E-state index contributed by atoms with van der Waals surface area (Å²) in [7, 11) is 0. The molecular formula is C20H21NO2. The second-order valence-electron chi connectivity index (χ2n) is 6.02. The van der Waals surface area contributed by atoms with Gasteiger partial charge in [0.25, 0.3) is 0 Å². The van der Waals surface area contributed by atoms with E-state index < -0.39 is 0 Å². The molecule has 0 saturated carbocycles. The molecule has 1 amide bonds. The molecule has 0 bridgehead atoms. The molecule has 0 unspecified atom stereocenters. The first kappa shape index (κ1) is 15.5. The predicted octanol–water partition coefficient (Wildman–Crippen LogP) is 3.45. The van der Waals surface area contributed by atoms with Crippen LogP contribution in [0, 0.1) is 0 Å². The van der Waals surface area contributed by atoms with Gasteiger partial charge in [-0.25, -0.2) is 0 Å². The third kappa shape index (κ3) is 4.07. The lowest BCUT2D eigenvalue weighted by molar-refractivity contribution is -0.121. The lowest BCUT2D eigenvalue weighted by Gasteiger charge is -2.06. The molecule has 0 aromatic heterocycles. The molecule has 2 aromatic carbocycles. The van der Waals surface area contributed by atoms with Gasteiger partial charge in [-0.2, -0.15) is 0 Å². The van der Waals surface area contributed by atoms with E-state index in [4.69, 9.17) is 0 Å². The molecule has 23 heavy (non-hydrogen) atoms. The van der Waals surface area contributed by atoms with Gasteiger partial charge in [0.2, 0.25) is 5.91 Å². The summed E-state index contributed by atoms with van der Waals surface area (Å²) >= 11 is 0. The van der Waals surface area contributed by atoms with E-state index >= 15 is 0 Å². The number of nitrogens with one attached hydrogen (secondary N) is 1. The first-order valence-electron chi connectivity index (χ1n) is 8.18. The van der Waals surface area contributed by atoms with Gasteiger partial charge in [0.05, 0.1) is 0 Å². The van der Waals surface area contributed by atoms with Crippen molar-refractivity contribution in [3.05, 3.63) is 70.8 Å². The van der Waals surface area contributed by atoms with Crippen molar-refractivity contribution in [3.63, 3.8) is 0 Å². The molecule has 2 aromatic rings. The monoisotopic (exact) mass is 307 g/mol. The maximum atomic E-state index is 12.2. The van der Waals surface area contributed by atoms with Gasteiger partial charge in [-0.3, -0.25) is 9.59 Å². The van der Waals surface area contributed by atoms with Crippen molar-refractivity contribution in [2.45, 2.75) is 38.6 Å². The first-order valence-corrected chi connectivity index (χ1v) is 8.18. The highest BCUT2D eigenvalue weighted by Crippen LogP contribution is 2.23. The quantitative estimate of drug-likeness (QED) is 0.831. The van der Waals surface area contributed by atoms with Crippen LogP contribution in [0.3, 0.4) is 0 Å². The average molecular weight is 307 g/mol. The molecule has 1 aliphatic rings. The maximum Gasteiger partial charge on any atom is 0.220 e. The van der Waals surface area contributed by atoms with Gasteiger partial charge in [0.1, 0.15) is 0 Å². The van der Waals surface area contributed by atoms with E-state index in [-0.39, 0.29) is 24.5 Å². The summed E-state index contributed by atoms with van der Waals surface area (Å²) < 4.78 is 0. The molecule has 3 rings (SSSR count). The van der Waals surface area contributed by atoms with Crippen molar-refractivity contribution in [1.29, 1.82) is 0 Å². The van der Waals surface area contributed by atoms with E-state index in [2.05, 4.69) is 11.4 Å². The smallest absolute Gasteiger partial charge is 0.220 e. The Morgan fingerprint density at radius 3 is 2.52 bits per heavy atom. The van der Waals surface area contributed by atoms with Crippen LogP contribution in [0.25, 0.3) is 0 Å². The Kier molecular flexibility index (Phi) is 4.86. The summed E-state index contributed by atoms with van der Waals surface area (Å²) in [6.45, 7) is 0.507. The molecule has 0 spiro atoms. The van der Waals surface area contributed by atoms with E-state index in [1.165, 1.54) is 17.5 Å². The number of benzene rings is 2. The van der Waals surface area contributed by atoms with E-state index in [0.29, 0.717) is 6.54 Å². The molecule has 0 heterocycles. The average Bonchev–Trinajstić information content (AvgIpc) is 3.06. The molecule has 0 radical (unpaired) electrons. The number of amides is 1. The van der Waals surface area contributed by atoms with Gasteiger partial charge in [0, 0.05) is 24.9 Å². The Morgan fingerprint density at radius 1 is 0.913 bits per heavy atom. The van der Waals surface area contributed by atoms with Gasteiger partial charge in [0.15, 0.2) is 5.78 Å². The topological polar surface area (TPSA) is 46.2 Å². The minimum absolute atomic E-state index is 0.0505. The fourth-order valence-corrected chi connectivity index (χ4v) is 3.00. The summed E-state index contributed by atoms with van der Waals surface area (Å²) in [5.41, 5.74) is 4.46. The summed E-state index contributed by atoms with van der Waals surface area (Å²) in [5, 5.41) is 2.86. The Balaban J connectivity index is 1.48. The third-order valence-corrected chi connectivity index (χ3v) is 4.33. The number of Topliss-reactive ketones (excluding diaryl/α,β-unsaturated/α-hetero) is 1. The molecule has 3 nitrogen and oxygen atoms in total. The van der Waals surface area contributed by atoms with Crippen LogP contribution in [0.4, 0.5) is 0 Å². The molecule has 1 aliphatic carbocycles. The number of fused-ring (bicyclic) bond motifs is 1. The molecular weight excluding hydrogens is 286 g/mol. The SMILES string of the molecule is O=C(CCC(=O)c1ccc2c(c1)CCC2)NCc1ccccc1. The number of carbonyl (C=O) groups is 2. The van der Waals surface area contributed by atoms with Crippen molar-refractivity contribution < 1.29 is 9.59 Å². The van der Waals surface area contributed by atoms with E-state index in [0.717, 1.165) is 24.0 Å². The number of hydrogen-bond donors (Lipinski definition) is 1. The van der Waals surface area contributed by atoms with Crippen molar-refractivity contribution in [2.75, 3.05) is 0 Å². The number of ketones is 1. The highest BCUT2D eigenvalue weighted by molar-refractivity contribution is 5.98.